The highest BCUT2D eigenvalue weighted by Gasteiger charge is 2.08. The van der Waals surface area contributed by atoms with E-state index in [0.29, 0.717) is 5.56 Å². The molecule has 3 aromatic carbocycles. The van der Waals surface area contributed by atoms with E-state index >= 15 is 0 Å². The largest absolute Gasteiger partial charge is 0.478 e. The van der Waals surface area contributed by atoms with Gasteiger partial charge in [-0.15, -0.1) is 0 Å². The van der Waals surface area contributed by atoms with Crippen molar-refractivity contribution in [3.8, 4) is 22.3 Å². The summed E-state index contributed by atoms with van der Waals surface area (Å²) < 4.78 is 4.33. The molecule has 0 aromatic heterocycles. The molecule has 0 fully saturated rings. The van der Waals surface area contributed by atoms with Crippen LogP contribution in [0.15, 0.2) is 91.5 Å². The van der Waals surface area contributed by atoms with Gasteiger partial charge in [0, 0.05) is 6.08 Å². The molecule has 0 aliphatic rings. The SMILES string of the molecule is C=CC(=O)OCCO.O=C(O)c1ccc(-c2ccccc2-c2ccccc2)cc1. The second-order valence-electron chi connectivity index (χ2n) is 5.89. The minimum Gasteiger partial charge on any atom is -0.478 e. The molecule has 0 spiro atoms. The number of aliphatic hydroxyl groups excluding tert-OH is 1. The predicted octanol–water partition coefficient (Wildman–Crippen LogP) is 4.43. The molecule has 0 saturated carbocycles. The number of benzene rings is 3. The van der Waals surface area contributed by atoms with Crippen LogP contribution in [0.1, 0.15) is 10.4 Å². The van der Waals surface area contributed by atoms with Gasteiger partial charge in [0.15, 0.2) is 0 Å². The summed E-state index contributed by atoms with van der Waals surface area (Å²) in [4.78, 5) is 21.1. The number of carboxylic acids is 1. The van der Waals surface area contributed by atoms with Gasteiger partial charge in [-0.25, -0.2) is 9.59 Å². The predicted molar refractivity (Wildman–Crippen MR) is 113 cm³/mol. The molecule has 3 rings (SSSR count). The van der Waals surface area contributed by atoms with Crippen molar-refractivity contribution in [1.82, 2.24) is 0 Å². The van der Waals surface area contributed by atoms with E-state index in [1.165, 1.54) is 0 Å². The monoisotopic (exact) mass is 390 g/mol. The van der Waals surface area contributed by atoms with Gasteiger partial charge < -0.3 is 14.9 Å². The molecule has 0 bridgehead atoms. The number of carbonyl (C=O) groups excluding carboxylic acids is 1. The van der Waals surface area contributed by atoms with Gasteiger partial charge in [-0.3, -0.25) is 0 Å². The minimum absolute atomic E-state index is 0.0465. The first-order valence-electron chi connectivity index (χ1n) is 8.95. The van der Waals surface area contributed by atoms with Crippen LogP contribution in [0.2, 0.25) is 0 Å². The first-order valence-corrected chi connectivity index (χ1v) is 8.95. The number of aromatic carboxylic acids is 1. The van der Waals surface area contributed by atoms with E-state index in [1.807, 2.05) is 42.5 Å². The fourth-order valence-corrected chi connectivity index (χ4v) is 2.60. The van der Waals surface area contributed by atoms with Crippen LogP contribution in [-0.4, -0.2) is 35.4 Å². The molecule has 0 unspecified atom stereocenters. The fraction of sp³-hybridized carbons (Fsp3) is 0.0833. The Kier molecular flexibility index (Phi) is 8.35. The number of ether oxygens (including phenoxy) is 1. The van der Waals surface area contributed by atoms with Crippen molar-refractivity contribution in [3.63, 3.8) is 0 Å². The summed E-state index contributed by atoms with van der Waals surface area (Å²) in [7, 11) is 0. The Labute approximate surface area is 169 Å². The van der Waals surface area contributed by atoms with Gasteiger partial charge in [0.2, 0.25) is 0 Å². The summed E-state index contributed by atoms with van der Waals surface area (Å²) in [5.41, 5.74) is 4.70. The normalized spacial score (nSPS) is 9.69. The molecule has 5 heteroatoms. The Morgan fingerprint density at radius 3 is 1.83 bits per heavy atom. The number of esters is 1. The maximum atomic E-state index is 10.9. The number of carboxylic acid groups (broad SMARTS) is 1. The second-order valence-corrected chi connectivity index (χ2v) is 5.89. The van der Waals surface area contributed by atoms with Crippen molar-refractivity contribution in [2.45, 2.75) is 0 Å². The Bertz CT molecular complexity index is 947. The summed E-state index contributed by atoms with van der Waals surface area (Å²) in [6.45, 7) is 3.06. The first kappa shape index (κ1) is 21.6. The van der Waals surface area contributed by atoms with E-state index in [0.717, 1.165) is 28.3 Å². The molecular weight excluding hydrogens is 368 g/mol. The van der Waals surface area contributed by atoms with Crippen molar-refractivity contribution < 1.29 is 24.5 Å². The van der Waals surface area contributed by atoms with Crippen molar-refractivity contribution in [1.29, 1.82) is 0 Å². The molecule has 3 aromatic rings. The second kappa shape index (κ2) is 11.2. The molecule has 2 N–H and O–H groups in total. The summed E-state index contributed by atoms with van der Waals surface area (Å²) in [5.74, 6) is -1.41. The molecule has 148 valence electrons. The molecular formula is C24H22O5. The highest BCUT2D eigenvalue weighted by atomic mass is 16.5. The molecule has 0 heterocycles. The lowest BCUT2D eigenvalue weighted by Gasteiger charge is -2.10. The highest BCUT2D eigenvalue weighted by Crippen LogP contribution is 2.31. The summed E-state index contributed by atoms with van der Waals surface area (Å²) in [6, 6.07) is 25.3. The van der Waals surface area contributed by atoms with Gasteiger partial charge in [-0.1, -0.05) is 73.3 Å². The third-order valence-electron chi connectivity index (χ3n) is 3.96. The Morgan fingerprint density at radius 1 is 0.828 bits per heavy atom. The van der Waals surface area contributed by atoms with Crippen LogP contribution in [0.4, 0.5) is 0 Å². The van der Waals surface area contributed by atoms with Gasteiger partial charge in [0.05, 0.1) is 12.2 Å². The molecule has 0 atom stereocenters. The summed E-state index contributed by atoms with van der Waals surface area (Å²) in [6.07, 6.45) is 1.05. The number of aliphatic hydroxyl groups is 1. The maximum Gasteiger partial charge on any atom is 0.335 e. The Hall–Kier alpha value is -3.70. The van der Waals surface area contributed by atoms with Gasteiger partial charge in [-0.05, 0) is 34.4 Å². The van der Waals surface area contributed by atoms with Crippen molar-refractivity contribution >= 4 is 11.9 Å². The summed E-state index contributed by atoms with van der Waals surface area (Å²) >= 11 is 0. The van der Waals surface area contributed by atoms with Crippen LogP contribution in [0.25, 0.3) is 22.3 Å². The van der Waals surface area contributed by atoms with E-state index in [-0.39, 0.29) is 13.2 Å². The Balaban J connectivity index is 0.000000321. The van der Waals surface area contributed by atoms with Crippen molar-refractivity contribution in [2.24, 2.45) is 0 Å². The number of hydrogen-bond donors (Lipinski definition) is 2. The van der Waals surface area contributed by atoms with Crippen LogP contribution in [0.3, 0.4) is 0 Å². The molecule has 29 heavy (non-hydrogen) atoms. The molecule has 0 aliphatic heterocycles. The van der Waals surface area contributed by atoms with Crippen LogP contribution in [0.5, 0.6) is 0 Å². The van der Waals surface area contributed by atoms with E-state index in [2.05, 4.69) is 35.6 Å². The molecule has 0 aliphatic carbocycles. The quantitative estimate of drug-likeness (QED) is 0.481. The minimum atomic E-state index is -0.905. The molecule has 0 radical (unpaired) electrons. The third kappa shape index (κ3) is 6.45. The lowest BCUT2D eigenvalue weighted by atomic mass is 9.94. The zero-order chi connectivity index (χ0) is 21.1. The van der Waals surface area contributed by atoms with Crippen LogP contribution in [-0.2, 0) is 9.53 Å². The van der Waals surface area contributed by atoms with Gasteiger partial charge in [0.1, 0.15) is 6.61 Å². The van der Waals surface area contributed by atoms with Crippen LogP contribution < -0.4 is 0 Å². The lowest BCUT2D eigenvalue weighted by molar-refractivity contribution is -0.138. The Morgan fingerprint density at radius 2 is 1.34 bits per heavy atom. The lowest BCUT2D eigenvalue weighted by Crippen LogP contribution is -2.04. The highest BCUT2D eigenvalue weighted by molar-refractivity contribution is 5.89. The standard InChI is InChI=1S/C19H14O2.C5H8O3/c20-19(21)16-12-10-15(11-13-16)18-9-5-4-8-17(18)14-6-2-1-3-7-14;1-2-5(7)8-4-3-6/h1-13H,(H,20,21);2,6H,1,3-4H2. The fourth-order valence-electron chi connectivity index (χ4n) is 2.60. The van der Waals surface area contributed by atoms with Gasteiger partial charge in [-0.2, -0.15) is 0 Å². The molecule has 0 saturated heterocycles. The van der Waals surface area contributed by atoms with Crippen LogP contribution >= 0.6 is 0 Å². The number of carbonyl (C=O) groups is 2. The van der Waals surface area contributed by atoms with Gasteiger partial charge in [0.25, 0.3) is 0 Å². The van der Waals surface area contributed by atoms with Crippen molar-refractivity contribution in [2.75, 3.05) is 13.2 Å². The average molecular weight is 390 g/mol. The summed E-state index contributed by atoms with van der Waals surface area (Å²) in [5, 5.41) is 17.1. The molecule has 0 amide bonds. The van der Waals surface area contributed by atoms with E-state index in [9.17, 15) is 9.59 Å². The van der Waals surface area contributed by atoms with E-state index in [4.69, 9.17) is 10.2 Å². The first-order chi connectivity index (χ1) is 14.1. The van der Waals surface area contributed by atoms with E-state index in [1.54, 1.807) is 12.1 Å². The smallest absolute Gasteiger partial charge is 0.335 e. The average Bonchev–Trinajstić information content (AvgIpc) is 2.78. The van der Waals surface area contributed by atoms with Crippen LogP contribution in [0, 0.1) is 0 Å². The third-order valence-corrected chi connectivity index (χ3v) is 3.96. The van der Waals surface area contributed by atoms with Gasteiger partial charge >= 0.3 is 11.9 Å². The topological polar surface area (TPSA) is 83.8 Å². The molecule has 5 nitrogen and oxygen atoms in total. The number of hydrogen-bond acceptors (Lipinski definition) is 4. The zero-order valence-corrected chi connectivity index (χ0v) is 15.8. The zero-order valence-electron chi connectivity index (χ0n) is 15.8. The van der Waals surface area contributed by atoms with E-state index < -0.39 is 11.9 Å². The maximum absolute atomic E-state index is 10.9. The van der Waals surface area contributed by atoms with Crippen molar-refractivity contribution in [3.05, 3.63) is 97.1 Å². The number of rotatable bonds is 6.